The molecular formula is C26H30N4O5. The molecule has 3 amide bonds. The first-order valence-corrected chi connectivity index (χ1v) is 12.2. The maximum atomic E-state index is 13.0. The largest absolute Gasteiger partial charge is 0.454 e. The van der Waals surface area contributed by atoms with Gasteiger partial charge in [0.15, 0.2) is 11.5 Å². The van der Waals surface area contributed by atoms with Gasteiger partial charge in [-0.25, -0.2) is 0 Å². The molecule has 2 saturated heterocycles. The van der Waals surface area contributed by atoms with Gasteiger partial charge in [0.1, 0.15) is 0 Å². The van der Waals surface area contributed by atoms with Crippen LogP contribution in [0.5, 0.6) is 11.5 Å². The van der Waals surface area contributed by atoms with E-state index in [2.05, 4.69) is 10.6 Å². The summed E-state index contributed by atoms with van der Waals surface area (Å²) in [7, 11) is 0. The van der Waals surface area contributed by atoms with E-state index in [0.717, 1.165) is 45.2 Å². The Balaban J connectivity index is 1.24. The molecule has 3 aliphatic heterocycles. The lowest BCUT2D eigenvalue weighted by Gasteiger charge is -2.36. The Hall–Kier alpha value is -3.59. The number of amides is 3. The van der Waals surface area contributed by atoms with Gasteiger partial charge in [0, 0.05) is 24.8 Å². The summed E-state index contributed by atoms with van der Waals surface area (Å²) in [6.45, 7) is 2.60. The predicted molar refractivity (Wildman–Crippen MR) is 131 cm³/mol. The van der Waals surface area contributed by atoms with E-state index in [0.29, 0.717) is 35.0 Å². The van der Waals surface area contributed by atoms with Crippen LogP contribution >= 0.6 is 0 Å². The van der Waals surface area contributed by atoms with Crippen molar-refractivity contribution in [3.63, 3.8) is 0 Å². The Labute approximate surface area is 204 Å². The highest BCUT2D eigenvalue weighted by molar-refractivity contribution is 6.10. The Morgan fingerprint density at radius 1 is 0.886 bits per heavy atom. The molecule has 2 aromatic carbocycles. The highest BCUT2D eigenvalue weighted by atomic mass is 16.7. The zero-order valence-corrected chi connectivity index (χ0v) is 19.6. The fourth-order valence-corrected chi connectivity index (χ4v) is 4.95. The maximum Gasteiger partial charge on any atom is 0.257 e. The standard InChI is InChI=1S/C26H30N4O5/c31-24(16-30-14-4-3-9-21(30)26(33)29-12-5-6-13-29)28-20-8-2-1-7-19(20)25(32)27-18-10-11-22-23(15-18)35-17-34-22/h1-2,7-8,10-11,15,21H,3-6,9,12-14,16-17H2,(H,27,32)(H,28,31). The summed E-state index contributed by atoms with van der Waals surface area (Å²) < 4.78 is 10.7. The molecule has 5 rings (SSSR count). The van der Waals surface area contributed by atoms with Crippen LogP contribution in [0.15, 0.2) is 42.5 Å². The van der Waals surface area contributed by atoms with Gasteiger partial charge in [-0.15, -0.1) is 0 Å². The lowest BCUT2D eigenvalue weighted by atomic mass is 10.0. The minimum absolute atomic E-state index is 0.113. The van der Waals surface area contributed by atoms with Crippen molar-refractivity contribution in [1.82, 2.24) is 9.80 Å². The molecule has 0 radical (unpaired) electrons. The molecule has 184 valence electrons. The number of hydrogen-bond acceptors (Lipinski definition) is 6. The van der Waals surface area contributed by atoms with Gasteiger partial charge in [0.05, 0.1) is 23.8 Å². The summed E-state index contributed by atoms with van der Waals surface area (Å²) in [6.07, 6.45) is 4.82. The van der Waals surface area contributed by atoms with Crippen molar-refractivity contribution < 1.29 is 23.9 Å². The van der Waals surface area contributed by atoms with Gasteiger partial charge in [-0.05, 0) is 56.5 Å². The molecule has 1 unspecified atom stereocenters. The van der Waals surface area contributed by atoms with E-state index in [4.69, 9.17) is 9.47 Å². The number of para-hydroxylation sites is 1. The number of nitrogens with zero attached hydrogens (tertiary/aromatic N) is 2. The van der Waals surface area contributed by atoms with Crippen LogP contribution in [0.1, 0.15) is 42.5 Å². The molecule has 0 aromatic heterocycles. The molecule has 2 N–H and O–H groups in total. The average molecular weight is 479 g/mol. The Morgan fingerprint density at radius 2 is 1.66 bits per heavy atom. The van der Waals surface area contributed by atoms with Gasteiger partial charge in [-0.1, -0.05) is 18.6 Å². The monoisotopic (exact) mass is 478 g/mol. The van der Waals surface area contributed by atoms with Crippen LogP contribution in [0.25, 0.3) is 0 Å². The minimum atomic E-state index is -0.347. The average Bonchev–Trinajstić information content (AvgIpc) is 3.56. The first kappa shape index (κ1) is 23.2. The zero-order chi connectivity index (χ0) is 24.2. The first-order chi connectivity index (χ1) is 17.1. The van der Waals surface area contributed by atoms with E-state index in [9.17, 15) is 14.4 Å². The highest BCUT2D eigenvalue weighted by Gasteiger charge is 2.34. The summed E-state index contributed by atoms with van der Waals surface area (Å²) in [5, 5.41) is 5.73. The van der Waals surface area contributed by atoms with Crippen LogP contribution in [-0.4, -0.2) is 66.5 Å². The molecule has 35 heavy (non-hydrogen) atoms. The fourth-order valence-electron chi connectivity index (χ4n) is 4.95. The summed E-state index contributed by atoms with van der Waals surface area (Å²) in [5.41, 5.74) is 1.34. The van der Waals surface area contributed by atoms with Crippen LogP contribution in [0.2, 0.25) is 0 Å². The number of likely N-dealkylation sites (tertiary alicyclic amines) is 2. The van der Waals surface area contributed by atoms with Crippen LogP contribution < -0.4 is 20.1 Å². The third kappa shape index (κ3) is 5.24. The predicted octanol–water partition coefficient (Wildman–Crippen LogP) is 3.08. The van der Waals surface area contributed by atoms with Crippen molar-refractivity contribution in [2.75, 3.05) is 43.6 Å². The zero-order valence-electron chi connectivity index (χ0n) is 19.6. The highest BCUT2D eigenvalue weighted by Crippen LogP contribution is 2.34. The Bertz CT molecular complexity index is 1110. The summed E-state index contributed by atoms with van der Waals surface area (Å²) in [4.78, 5) is 42.9. The van der Waals surface area contributed by atoms with Gasteiger partial charge in [-0.2, -0.15) is 0 Å². The van der Waals surface area contributed by atoms with E-state index in [1.165, 1.54) is 0 Å². The molecule has 3 heterocycles. The van der Waals surface area contributed by atoms with Crippen molar-refractivity contribution in [1.29, 1.82) is 0 Å². The smallest absolute Gasteiger partial charge is 0.257 e. The second kappa shape index (κ2) is 10.4. The number of nitrogens with one attached hydrogen (secondary N) is 2. The SMILES string of the molecule is O=C(CN1CCCCC1C(=O)N1CCCC1)Nc1ccccc1C(=O)Nc1ccc2c(c1)OCO2. The number of carbonyl (C=O) groups excluding carboxylic acids is 3. The summed E-state index contributed by atoms with van der Waals surface area (Å²) in [6, 6.07) is 11.8. The van der Waals surface area contributed by atoms with E-state index in [1.807, 2.05) is 9.80 Å². The molecule has 2 aromatic rings. The normalized spacial score (nSPS) is 19.4. The molecule has 1 atom stereocenters. The molecule has 0 saturated carbocycles. The van der Waals surface area contributed by atoms with Gasteiger partial charge in [0.25, 0.3) is 5.91 Å². The third-order valence-electron chi connectivity index (χ3n) is 6.74. The first-order valence-electron chi connectivity index (χ1n) is 12.2. The van der Waals surface area contributed by atoms with Crippen molar-refractivity contribution in [3.8, 4) is 11.5 Å². The molecule has 2 fully saturated rings. The summed E-state index contributed by atoms with van der Waals surface area (Å²) in [5.74, 6) is 0.756. The number of fused-ring (bicyclic) bond motifs is 1. The van der Waals surface area contributed by atoms with Gasteiger partial charge >= 0.3 is 0 Å². The number of piperidine rings is 1. The Morgan fingerprint density at radius 3 is 2.51 bits per heavy atom. The molecule has 0 bridgehead atoms. The number of ether oxygens (including phenoxy) is 2. The lowest BCUT2D eigenvalue weighted by Crippen LogP contribution is -2.52. The number of anilines is 2. The van der Waals surface area contributed by atoms with Crippen LogP contribution in [-0.2, 0) is 9.59 Å². The Kier molecular flexibility index (Phi) is 6.85. The number of hydrogen-bond donors (Lipinski definition) is 2. The summed E-state index contributed by atoms with van der Waals surface area (Å²) >= 11 is 0. The van der Waals surface area contributed by atoms with E-state index >= 15 is 0 Å². The molecule has 9 heteroatoms. The molecular weight excluding hydrogens is 448 g/mol. The number of carbonyl (C=O) groups is 3. The maximum absolute atomic E-state index is 13.0. The number of rotatable bonds is 6. The van der Waals surface area contributed by atoms with Crippen molar-refractivity contribution in [3.05, 3.63) is 48.0 Å². The van der Waals surface area contributed by atoms with Crippen LogP contribution in [0.4, 0.5) is 11.4 Å². The van der Waals surface area contributed by atoms with Crippen molar-refractivity contribution >= 4 is 29.1 Å². The van der Waals surface area contributed by atoms with Gasteiger partial charge < -0.3 is 25.0 Å². The van der Waals surface area contributed by atoms with E-state index < -0.39 is 0 Å². The fraction of sp³-hybridized carbons (Fsp3) is 0.423. The molecule has 0 aliphatic carbocycles. The van der Waals surface area contributed by atoms with Crippen molar-refractivity contribution in [2.45, 2.75) is 38.1 Å². The van der Waals surface area contributed by atoms with Gasteiger partial charge in [0.2, 0.25) is 18.6 Å². The topological polar surface area (TPSA) is 100 Å². The second-order valence-corrected chi connectivity index (χ2v) is 9.13. The quantitative estimate of drug-likeness (QED) is 0.662. The molecule has 3 aliphatic rings. The number of benzene rings is 2. The van der Waals surface area contributed by atoms with Crippen LogP contribution in [0.3, 0.4) is 0 Å². The van der Waals surface area contributed by atoms with Crippen molar-refractivity contribution in [2.24, 2.45) is 0 Å². The minimum Gasteiger partial charge on any atom is -0.454 e. The second-order valence-electron chi connectivity index (χ2n) is 9.13. The molecule has 9 nitrogen and oxygen atoms in total. The van der Waals surface area contributed by atoms with Gasteiger partial charge in [-0.3, -0.25) is 19.3 Å². The molecule has 0 spiro atoms. The van der Waals surface area contributed by atoms with E-state index in [-0.39, 0.29) is 37.1 Å². The third-order valence-corrected chi connectivity index (χ3v) is 6.74. The van der Waals surface area contributed by atoms with Crippen LogP contribution in [0, 0.1) is 0 Å². The lowest BCUT2D eigenvalue weighted by molar-refractivity contribution is -0.137. The van der Waals surface area contributed by atoms with E-state index in [1.54, 1.807) is 42.5 Å².